The summed E-state index contributed by atoms with van der Waals surface area (Å²) in [5.41, 5.74) is 1.02. The van der Waals surface area contributed by atoms with Gasteiger partial charge >= 0.3 is 0 Å². The monoisotopic (exact) mass is 310 g/mol. The fourth-order valence-corrected chi connectivity index (χ4v) is 3.07. The molecule has 118 valence electrons. The van der Waals surface area contributed by atoms with E-state index in [-0.39, 0.29) is 0 Å². The molecule has 1 aromatic rings. The van der Waals surface area contributed by atoms with E-state index in [1.54, 1.807) is 0 Å². The summed E-state index contributed by atoms with van der Waals surface area (Å²) in [5.74, 6) is 0.895. The van der Waals surface area contributed by atoms with Crippen molar-refractivity contribution in [3.05, 3.63) is 23.2 Å². The first-order valence-electron chi connectivity index (χ1n) is 8.03. The fraction of sp³-hybridized carbons (Fsp3) is 0.647. The first-order valence-corrected chi connectivity index (χ1v) is 8.41. The van der Waals surface area contributed by atoms with Crippen LogP contribution in [0.1, 0.15) is 40.0 Å². The highest BCUT2D eigenvalue weighted by molar-refractivity contribution is 6.30. The second-order valence-corrected chi connectivity index (χ2v) is 6.41. The summed E-state index contributed by atoms with van der Waals surface area (Å²) >= 11 is 6.13. The maximum Gasteiger partial charge on any atom is 0.142 e. The number of hydrogen-bond donors (Lipinski definition) is 1. The van der Waals surface area contributed by atoms with Crippen LogP contribution in [0.5, 0.6) is 5.75 Å². The van der Waals surface area contributed by atoms with Crippen molar-refractivity contribution in [2.75, 3.05) is 25.0 Å². The minimum atomic E-state index is 0.492. The molecule has 0 amide bonds. The molecular formula is C17H27ClN2O. The zero-order chi connectivity index (χ0) is 15.2. The Labute approximate surface area is 133 Å². The maximum absolute atomic E-state index is 6.13. The van der Waals surface area contributed by atoms with Gasteiger partial charge in [-0.1, -0.05) is 11.6 Å². The number of halogens is 1. The molecule has 1 heterocycles. The molecule has 0 bridgehead atoms. The summed E-state index contributed by atoms with van der Waals surface area (Å²) in [6.07, 6.45) is 3.60. The lowest BCUT2D eigenvalue weighted by Crippen LogP contribution is -2.32. The lowest BCUT2D eigenvalue weighted by molar-refractivity contribution is 0.230. The molecule has 0 spiro atoms. The highest BCUT2D eigenvalue weighted by Gasteiger charge is 2.19. The van der Waals surface area contributed by atoms with Gasteiger partial charge in [-0.15, -0.1) is 0 Å². The smallest absolute Gasteiger partial charge is 0.142 e. The number of likely N-dealkylation sites (tertiary alicyclic amines) is 1. The van der Waals surface area contributed by atoms with Crippen molar-refractivity contribution in [3.8, 4) is 5.75 Å². The van der Waals surface area contributed by atoms with Gasteiger partial charge in [0.1, 0.15) is 5.75 Å². The zero-order valence-corrected chi connectivity index (χ0v) is 14.1. The number of benzene rings is 1. The topological polar surface area (TPSA) is 24.5 Å². The SMILES string of the molecule is CCOc1ccc(Cl)cc1NC1CCCN(C(C)C)CC1. The van der Waals surface area contributed by atoms with Gasteiger partial charge in [-0.2, -0.15) is 0 Å². The standard InChI is InChI=1S/C17H27ClN2O/c1-4-21-17-8-7-14(18)12-16(17)19-15-6-5-10-20(11-9-15)13(2)3/h7-8,12-13,15,19H,4-6,9-11H2,1-3H3. The average molecular weight is 311 g/mol. The molecule has 1 fully saturated rings. The van der Waals surface area contributed by atoms with E-state index in [1.807, 2.05) is 25.1 Å². The Bertz CT molecular complexity index is 450. The largest absolute Gasteiger partial charge is 0.492 e. The normalized spacial score (nSPS) is 20.3. The first-order chi connectivity index (χ1) is 10.1. The third kappa shape index (κ3) is 4.79. The van der Waals surface area contributed by atoms with Crippen LogP contribution in [0.4, 0.5) is 5.69 Å². The van der Waals surface area contributed by atoms with Gasteiger partial charge in [-0.25, -0.2) is 0 Å². The summed E-state index contributed by atoms with van der Waals surface area (Å²) in [6.45, 7) is 9.58. The van der Waals surface area contributed by atoms with Gasteiger partial charge in [-0.05, 0) is 64.8 Å². The van der Waals surface area contributed by atoms with Crippen molar-refractivity contribution < 1.29 is 4.74 Å². The molecule has 0 aromatic heterocycles. The Kier molecular flexibility index (Phi) is 6.19. The summed E-state index contributed by atoms with van der Waals surface area (Å²) < 4.78 is 5.69. The molecule has 1 aliphatic heterocycles. The Morgan fingerprint density at radius 2 is 2.14 bits per heavy atom. The van der Waals surface area contributed by atoms with Crippen molar-refractivity contribution >= 4 is 17.3 Å². The van der Waals surface area contributed by atoms with Crippen molar-refractivity contribution in [1.82, 2.24) is 4.90 Å². The van der Waals surface area contributed by atoms with Gasteiger partial charge in [0.2, 0.25) is 0 Å². The van der Waals surface area contributed by atoms with Crippen molar-refractivity contribution in [2.45, 2.75) is 52.1 Å². The van der Waals surface area contributed by atoms with Crippen molar-refractivity contribution in [1.29, 1.82) is 0 Å². The molecule has 21 heavy (non-hydrogen) atoms. The van der Waals surface area contributed by atoms with Gasteiger partial charge in [0.15, 0.2) is 0 Å². The Morgan fingerprint density at radius 1 is 1.33 bits per heavy atom. The van der Waals surface area contributed by atoms with Crippen LogP contribution in [-0.2, 0) is 0 Å². The van der Waals surface area contributed by atoms with Gasteiger partial charge in [0.05, 0.1) is 12.3 Å². The van der Waals surface area contributed by atoms with E-state index in [4.69, 9.17) is 16.3 Å². The molecule has 1 aromatic carbocycles. The molecule has 1 saturated heterocycles. The van der Waals surface area contributed by atoms with Crippen LogP contribution in [0.3, 0.4) is 0 Å². The number of rotatable bonds is 5. The van der Waals surface area contributed by atoms with Crippen LogP contribution in [0.15, 0.2) is 18.2 Å². The van der Waals surface area contributed by atoms with E-state index in [2.05, 4.69) is 24.1 Å². The zero-order valence-electron chi connectivity index (χ0n) is 13.4. The number of hydrogen-bond acceptors (Lipinski definition) is 3. The van der Waals surface area contributed by atoms with Gasteiger partial charge in [-0.3, -0.25) is 0 Å². The molecule has 2 rings (SSSR count). The van der Waals surface area contributed by atoms with Gasteiger partial charge in [0.25, 0.3) is 0 Å². The lowest BCUT2D eigenvalue weighted by atomic mass is 10.1. The van der Waals surface area contributed by atoms with Crippen LogP contribution >= 0.6 is 11.6 Å². The van der Waals surface area contributed by atoms with E-state index in [0.29, 0.717) is 18.7 Å². The minimum absolute atomic E-state index is 0.492. The number of nitrogens with zero attached hydrogens (tertiary/aromatic N) is 1. The summed E-state index contributed by atoms with van der Waals surface area (Å²) in [5, 5.41) is 4.39. The average Bonchev–Trinajstić information content (AvgIpc) is 2.68. The highest BCUT2D eigenvalue weighted by Crippen LogP contribution is 2.30. The number of nitrogens with one attached hydrogen (secondary N) is 1. The Balaban J connectivity index is 2.02. The van der Waals surface area contributed by atoms with Crippen LogP contribution in [0.2, 0.25) is 5.02 Å². The van der Waals surface area contributed by atoms with Crippen LogP contribution in [-0.4, -0.2) is 36.7 Å². The van der Waals surface area contributed by atoms with Crippen molar-refractivity contribution in [3.63, 3.8) is 0 Å². The first kappa shape index (κ1) is 16.4. The number of ether oxygens (including phenoxy) is 1. The molecule has 0 aliphatic carbocycles. The predicted molar refractivity (Wildman–Crippen MR) is 90.6 cm³/mol. The molecule has 1 N–H and O–H groups in total. The van der Waals surface area contributed by atoms with E-state index in [0.717, 1.165) is 29.4 Å². The molecule has 1 atom stereocenters. The summed E-state index contributed by atoms with van der Waals surface area (Å²) in [7, 11) is 0. The molecule has 1 aliphatic rings. The maximum atomic E-state index is 6.13. The Morgan fingerprint density at radius 3 is 2.86 bits per heavy atom. The lowest BCUT2D eigenvalue weighted by Gasteiger charge is -2.24. The van der Waals surface area contributed by atoms with E-state index >= 15 is 0 Å². The van der Waals surface area contributed by atoms with E-state index < -0.39 is 0 Å². The number of anilines is 1. The van der Waals surface area contributed by atoms with Gasteiger partial charge in [0, 0.05) is 23.7 Å². The van der Waals surface area contributed by atoms with E-state index in [9.17, 15) is 0 Å². The highest BCUT2D eigenvalue weighted by atomic mass is 35.5. The van der Waals surface area contributed by atoms with E-state index in [1.165, 1.54) is 19.4 Å². The molecule has 3 nitrogen and oxygen atoms in total. The second kappa shape index (κ2) is 7.90. The van der Waals surface area contributed by atoms with Crippen molar-refractivity contribution in [2.24, 2.45) is 0 Å². The Hall–Kier alpha value is -0.930. The third-order valence-electron chi connectivity index (χ3n) is 4.09. The molecular weight excluding hydrogens is 284 g/mol. The second-order valence-electron chi connectivity index (χ2n) is 5.98. The predicted octanol–water partition coefficient (Wildman–Crippen LogP) is 4.41. The molecule has 0 saturated carbocycles. The van der Waals surface area contributed by atoms with Crippen LogP contribution < -0.4 is 10.1 Å². The molecule has 4 heteroatoms. The van der Waals surface area contributed by atoms with Crippen LogP contribution in [0, 0.1) is 0 Å². The van der Waals surface area contributed by atoms with Gasteiger partial charge < -0.3 is 15.0 Å². The van der Waals surface area contributed by atoms with Crippen LogP contribution in [0.25, 0.3) is 0 Å². The minimum Gasteiger partial charge on any atom is -0.492 e. The third-order valence-corrected chi connectivity index (χ3v) is 4.33. The fourth-order valence-electron chi connectivity index (χ4n) is 2.90. The molecule has 0 radical (unpaired) electrons. The quantitative estimate of drug-likeness (QED) is 0.871. The summed E-state index contributed by atoms with van der Waals surface area (Å²) in [6, 6.07) is 6.93. The molecule has 1 unspecified atom stereocenters. The summed E-state index contributed by atoms with van der Waals surface area (Å²) in [4.78, 5) is 2.56.